The fraction of sp³-hybridized carbons (Fsp3) is 0.438. The Bertz CT molecular complexity index is 734. The van der Waals surface area contributed by atoms with Crippen molar-refractivity contribution in [2.45, 2.75) is 25.8 Å². The van der Waals surface area contributed by atoms with E-state index in [0.29, 0.717) is 13.1 Å². The molecule has 128 valence electrons. The Balaban J connectivity index is 2.04. The van der Waals surface area contributed by atoms with Crippen LogP contribution in [0.4, 0.5) is 8.78 Å². The third kappa shape index (κ3) is 2.89. The second-order valence-electron chi connectivity index (χ2n) is 6.02. The summed E-state index contributed by atoms with van der Waals surface area (Å²) in [5.74, 6) is -2.27. The number of halogens is 2. The van der Waals surface area contributed by atoms with Crippen molar-refractivity contribution in [3.8, 4) is 5.69 Å². The van der Waals surface area contributed by atoms with Crippen molar-refractivity contribution >= 4 is 5.91 Å². The van der Waals surface area contributed by atoms with Gasteiger partial charge >= 0.3 is 0 Å². The molecule has 1 aliphatic rings. The molecule has 2 heterocycles. The Morgan fingerprint density at radius 1 is 1.29 bits per heavy atom. The summed E-state index contributed by atoms with van der Waals surface area (Å²) >= 11 is 0. The lowest BCUT2D eigenvalue weighted by molar-refractivity contribution is 0.0531. The summed E-state index contributed by atoms with van der Waals surface area (Å²) in [6, 6.07) is 1.72. The van der Waals surface area contributed by atoms with Gasteiger partial charge in [-0.25, -0.2) is 8.78 Å². The highest BCUT2D eigenvalue weighted by Crippen LogP contribution is 2.27. The van der Waals surface area contributed by atoms with Crippen LogP contribution in [0.3, 0.4) is 0 Å². The van der Waals surface area contributed by atoms with E-state index in [4.69, 9.17) is 5.73 Å². The Kier molecular flexibility index (Phi) is 4.57. The summed E-state index contributed by atoms with van der Waals surface area (Å²) in [4.78, 5) is 15.8. The molecule has 1 fully saturated rings. The van der Waals surface area contributed by atoms with Crippen LogP contribution < -0.4 is 5.73 Å². The highest BCUT2D eigenvalue weighted by Gasteiger charge is 2.33. The number of aromatic nitrogens is 3. The van der Waals surface area contributed by atoms with Crippen molar-refractivity contribution in [1.82, 2.24) is 19.9 Å². The number of benzene rings is 1. The third-order valence-electron chi connectivity index (χ3n) is 4.52. The Labute approximate surface area is 138 Å². The maximum Gasteiger partial charge on any atom is 0.256 e. The van der Waals surface area contributed by atoms with Crippen molar-refractivity contribution in [3.05, 3.63) is 41.7 Å². The second kappa shape index (κ2) is 6.64. The summed E-state index contributed by atoms with van der Waals surface area (Å²) in [6.45, 7) is 2.90. The first-order valence-corrected chi connectivity index (χ1v) is 7.89. The zero-order valence-electron chi connectivity index (χ0n) is 13.3. The second-order valence-corrected chi connectivity index (χ2v) is 6.02. The molecule has 1 saturated heterocycles. The van der Waals surface area contributed by atoms with Gasteiger partial charge in [0, 0.05) is 25.2 Å². The Hall–Kier alpha value is -2.35. The van der Waals surface area contributed by atoms with Gasteiger partial charge in [0.2, 0.25) is 0 Å². The van der Waals surface area contributed by atoms with Crippen molar-refractivity contribution in [3.63, 3.8) is 0 Å². The standard InChI is InChI=1S/C16H19F2N5O/c1-10-3-2-6-22(15(10)9-19)16(24)11-7-12(17)13(18)8-14(11)23-20-4-5-21-23/h4-5,7-8,10,15H,2-3,6,9,19H2,1H3. The number of rotatable bonds is 3. The summed E-state index contributed by atoms with van der Waals surface area (Å²) in [7, 11) is 0. The first kappa shape index (κ1) is 16.5. The van der Waals surface area contributed by atoms with E-state index in [2.05, 4.69) is 10.2 Å². The topological polar surface area (TPSA) is 77.0 Å². The first-order chi connectivity index (χ1) is 11.5. The molecule has 1 amide bonds. The lowest BCUT2D eigenvalue weighted by Crippen LogP contribution is -2.51. The minimum absolute atomic E-state index is 0.0256. The molecule has 8 heteroatoms. The minimum atomic E-state index is -1.08. The maximum absolute atomic E-state index is 13.8. The Morgan fingerprint density at radius 2 is 1.96 bits per heavy atom. The molecule has 2 unspecified atom stereocenters. The van der Waals surface area contributed by atoms with Crippen LogP contribution in [0.15, 0.2) is 24.5 Å². The summed E-state index contributed by atoms with van der Waals surface area (Å²) in [5, 5.41) is 7.84. The summed E-state index contributed by atoms with van der Waals surface area (Å²) in [5.41, 5.74) is 5.96. The lowest BCUT2D eigenvalue weighted by atomic mass is 9.90. The van der Waals surface area contributed by atoms with Crippen LogP contribution >= 0.6 is 0 Å². The van der Waals surface area contributed by atoms with Gasteiger partial charge in [0.1, 0.15) is 5.69 Å². The van der Waals surface area contributed by atoms with E-state index in [1.54, 1.807) is 4.90 Å². The van der Waals surface area contributed by atoms with E-state index < -0.39 is 11.6 Å². The minimum Gasteiger partial charge on any atom is -0.334 e. The van der Waals surface area contributed by atoms with Crippen molar-refractivity contribution < 1.29 is 13.6 Å². The molecule has 2 aromatic rings. The number of nitrogens with zero attached hydrogens (tertiary/aromatic N) is 4. The zero-order chi connectivity index (χ0) is 17.3. The van der Waals surface area contributed by atoms with Crippen LogP contribution in [0, 0.1) is 17.6 Å². The van der Waals surface area contributed by atoms with Crippen molar-refractivity contribution in [2.24, 2.45) is 11.7 Å². The molecule has 24 heavy (non-hydrogen) atoms. The highest BCUT2D eigenvalue weighted by molar-refractivity contribution is 5.98. The molecular weight excluding hydrogens is 316 g/mol. The van der Waals surface area contributed by atoms with Gasteiger partial charge in [0.25, 0.3) is 5.91 Å². The van der Waals surface area contributed by atoms with E-state index in [1.165, 1.54) is 12.4 Å². The van der Waals surface area contributed by atoms with Gasteiger partial charge in [-0.1, -0.05) is 6.92 Å². The van der Waals surface area contributed by atoms with E-state index in [-0.39, 0.29) is 29.1 Å². The van der Waals surface area contributed by atoms with Crippen molar-refractivity contribution in [2.75, 3.05) is 13.1 Å². The number of amides is 1. The van der Waals surface area contributed by atoms with Crippen LogP contribution in [-0.4, -0.2) is 44.9 Å². The molecule has 0 saturated carbocycles. The number of hydrogen-bond donors (Lipinski definition) is 1. The number of carbonyl (C=O) groups excluding carboxylic acids is 1. The van der Waals surface area contributed by atoms with E-state index in [9.17, 15) is 13.6 Å². The molecule has 1 aliphatic heterocycles. The van der Waals surface area contributed by atoms with Crippen LogP contribution in [-0.2, 0) is 0 Å². The van der Waals surface area contributed by atoms with Gasteiger partial charge in [0.15, 0.2) is 11.6 Å². The van der Waals surface area contributed by atoms with Gasteiger partial charge in [0.05, 0.1) is 18.0 Å². The normalized spacial score (nSPS) is 21.1. The molecular formula is C16H19F2N5O. The van der Waals surface area contributed by atoms with Gasteiger partial charge in [-0.15, -0.1) is 0 Å². The van der Waals surface area contributed by atoms with Gasteiger partial charge in [-0.3, -0.25) is 4.79 Å². The quantitative estimate of drug-likeness (QED) is 0.927. The molecule has 0 aliphatic carbocycles. The lowest BCUT2D eigenvalue weighted by Gasteiger charge is -2.39. The summed E-state index contributed by atoms with van der Waals surface area (Å²) in [6.07, 6.45) is 4.64. The zero-order valence-corrected chi connectivity index (χ0v) is 13.3. The number of piperidine rings is 1. The predicted molar refractivity (Wildman–Crippen MR) is 83.6 cm³/mol. The molecule has 1 aromatic heterocycles. The molecule has 3 rings (SSSR count). The van der Waals surface area contributed by atoms with Gasteiger partial charge < -0.3 is 10.6 Å². The number of hydrogen-bond acceptors (Lipinski definition) is 4. The largest absolute Gasteiger partial charge is 0.334 e. The monoisotopic (exact) mass is 335 g/mol. The highest BCUT2D eigenvalue weighted by atomic mass is 19.2. The molecule has 0 bridgehead atoms. The van der Waals surface area contributed by atoms with E-state index in [0.717, 1.165) is 29.8 Å². The molecule has 6 nitrogen and oxygen atoms in total. The van der Waals surface area contributed by atoms with Crippen LogP contribution in [0.1, 0.15) is 30.1 Å². The average molecular weight is 335 g/mol. The molecule has 0 radical (unpaired) electrons. The predicted octanol–water partition coefficient (Wildman–Crippen LogP) is 1.74. The molecule has 2 atom stereocenters. The fourth-order valence-corrected chi connectivity index (χ4v) is 3.23. The fourth-order valence-electron chi connectivity index (χ4n) is 3.23. The third-order valence-corrected chi connectivity index (χ3v) is 4.52. The molecule has 0 spiro atoms. The number of nitrogens with two attached hydrogens (primary N) is 1. The van der Waals surface area contributed by atoms with Gasteiger partial charge in [-0.2, -0.15) is 15.0 Å². The van der Waals surface area contributed by atoms with Gasteiger partial charge in [-0.05, 0) is 24.8 Å². The van der Waals surface area contributed by atoms with E-state index in [1.807, 2.05) is 6.92 Å². The number of likely N-dealkylation sites (tertiary alicyclic amines) is 1. The molecule has 2 N–H and O–H groups in total. The first-order valence-electron chi connectivity index (χ1n) is 7.89. The van der Waals surface area contributed by atoms with Crippen LogP contribution in [0.25, 0.3) is 5.69 Å². The van der Waals surface area contributed by atoms with Crippen LogP contribution in [0.2, 0.25) is 0 Å². The van der Waals surface area contributed by atoms with E-state index >= 15 is 0 Å². The summed E-state index contributed by atoms with van der Waals surface area (Å²) < 4.78 is 27.4. The van der Waals surface area contributed by atoms with Crippen LogP contribution in [0.5, 0.6) is 0 Å². The SMILES string of the molecule is CC1CCCN(C(=O)c2cc(F)c(F)cc2-n2nccn2)C1CN. The van der Waals surface area contributed by atoms with Crippen molar-refractivity contribution in [1.29, 1.82) is 0 Å². The average Bonchev–Trinajstić information content (AvgIpc) is 3.10. The number of carbonyl (C=O) groups is 1. The molecule has 1 aromatic carbocycles. The Morgan fingerprint density at radius 3 is 2.62 bits per heavy atom. The maximum atomic E-state index is 13.8. The smallest absolute Gasteiger partial charge is 0.256 e.